The van der Waals surface area contributed by atoms with Gasteiger partial charge in [0.1, 0.15) is 5.54 Å². The Morgan fingerprint density at radius 2 is 2.16 bits per heavy atom. The molecule has 1 saturated heterocycles. The minimum Gasteiger partial charge on any atom is -0.468 e. The van der Waals surface area contributed by atoms with E-state index in [0.29, 0.717) is 6.04 Å². The summed E-state index contributed by atoms with van der Waals surface area (Å²) in [6, 6.07) is 0.510. The Bertz CT molecular complexity index is 339. The van der Waals surface area contributed by atoms with Gasteiger partial charge in [0.25, 0.3) is 0 Å². The minimum absolute atomic E-state index is 0.128. The maximum Gasteiger partial charge on any atom is 0.325 e. The zero-order valence-electron chi connectivity index (χ0n) is 12.8. The van der Waals surface area contributed by atoms with Crippen LogP contribution in [0.1, 0.15) is 52.9 Å². The third kappa shape index (κ3) is 3.48. The second-order valence-electron chi connectivity index (χ2n) is 6.90. The number of nitrogens with zero attached hydrogens (tertiary/aromatic N) is 1. The second-order valence-corrected chi connectivity index (χ2v) is 6.90. The molecule has 0 bridgehead atoms. The van der Waals surface area contributed by atoms with E-state index >= 15 is 0 Å². The molecule has 1 aliphatic carbocycles. The molecule has 4 nitrogen and oxygen atoms in total. The average Bonchev–Trinajstić information content (AvgIpc) is 3.09. The zero-order valence-corrected chi connectivity index (χ0v) is 12.8. The van der Waals surface area contributed by atoms with Gasteiger partial charge < -0.3 is 4.74 Å². The number of carbonyl (C=O) groups is 1. The fourth-order valence-electron chi connectivity index (χ4n) is 3.07. The van der Waals surface area contributed by atoms with Crippen LogP contribution in [0, 0.1) is 0 Å². The van der Waals surface area contributed by atoms with Crippen molar-refractivity contribution in [1.82, 2.24) is 10.2 Å². The predicted octanol–water partition coefficient (Wildman–Crippen LogP) is 1.93. The second kappa shape index (κ2) is 5.41. The molecule has 1 atom stereocenters. The number of likely N-dealkylation sites (tertiary alicyclic amines) is 1. The molecule has 0 radical (unpaired) electrons. The molecule has 0 aromatic heterocycles. The quantitative estimate of drug-likeness (QED) is 0.748. The van der Waals surface area contributed by atoms with Crippen molar-refractivity contribution in [2.75, 3.05) is 20.2 Å². The molecule has 1 aliphatic heterocycles. The summed E-state index contributed by atoms with van der Waals surface area (Å²) in [4.78, 5) is 14.6. The van der Waals surface area contributed by atoms with Gasteiger partial charge in [-0.25, -0.2) is 0 Å². The summed E-state index contributed by atoms with van der Waals surface area (Å²) in [5.74, 6) is -0.128. The van der Waals surface area contributed by atoms with Crippen molar-refractivity contribution in [3.63, 3.8) is 0 Å². The van der Waals surface area contributed by atoms with Crippen molar-refractivity contribution in [3.05, 3.63) is 0 Å². The number of carbonyl (C=O) groups excluding carboxylic acids is 1. The molecular formula is C15H28N2O2. The fraction of sp³-hybridized carbons (Fsp3) is 0.933. The van der Waals surface area contributed by atoms with Gasteiger partial charge in [0.15, 0.2) is 0 Å². The van der Waals surface area contributed by atoms with Gasteiger partial charge in [0.2, 0.25) is 0 Å². The van der Waals surface area contributed by atoms with Crippen molar-refractivity contribution < 1.29 is 9.53 Å². The number of hydrogen-bond donors (Lipinski definition) is 1. The first-order valence-electron chi connectivity index (χ1n) is 7.48. The van der Waals surface area contributed by atoms with Crippen LogP contribution in [0.3, 0.4) is 0 Å². The number of hydrogen-bond acceptors (Lipinski definition) is 4. The Labute approximate surface area is 116 Å². The Morgan fingerprint density at radius 3 is 2.63 bits per heavy atom. The lowest BCUT2D eigenvalue weighted by Crippen LogP contribution is -2.53. The van der Waals surface area contributed by atoms with Gasteiger partial charge in [-0.2, -0.15) is 0 Å². The topological polar surface area (TPSA) is 41.6 Å². The molecule has 4 heteroatoms. The molecule has 1 unspecified atom stereocenters. The van der Waals surface area contributed by atoms with Crippen LogP contribution in [0.25, 0.3) is 0 Å². The molecular weight excluding hydrogens is 240 g/mol. The number of esters is 1. The zero-order chi connectivity index (χ0) is 14.1. The van der Waals surface area contributed by atoms with E-state index in [1.54, 1.807) is 0 Å². The lowest BCUT2D eigenvalue weighted by Gasteiger charge is -2.35. The highest BCUT2D eigenvalue weighted by molar-refractivity contribution is 5.80. The van der Waals surface area contributed by atoms with E-state index in [-0.39, 0.29) is 11.5 Å². The molecule has 19 heavy (non-hydrogen) atoms. The van der Waals surface area contributed by atoms with E-state index in [2.05, 4.69) is 24.1 Å². The summed E-state index contributed by atoms with van der Waals surface area (Å²) in [5.41, 5.74) is -0.259. The van der Waals surface area contributed by atoms with Crippen LogP contribution in [0.4, 0.5) is 0 Å². The first-order valence-corrected chi connectivity index (χ1v) is 7.48. The lowest BCUT2D eigenvalue weighted by molar-refractivity contribution is -0.148. The van der Waals surface area contributed by atoms with E-state index in [9.17, 15) is 4.79 Å². The Hall–Kier alpha value is -0.610. The molecule has 2 aliphatic rings. The van der Waals surface area contributed by atoms with Crippen molar-refractivity contribution in [3.8, 4) is 0 Å². The summed E-state index contributed by atoms with van der Waals surface area (Å²) >= 11 is 0. The molecule has 2 rings (SSSR count). The number of nitrogens with one attached hydrogen (secondary N) is 1. The first kappa shape index (κ1) is 14.8. The highest BCUT2D eigenvalue weighted by atomic mass is 16.5. The van der Waals surface area contributed by atoms with Gasteiger partial charge >= 0.3 is 5.97 Å². The van der Waals surface area contributed by atoms with E-state index in [0.717, 1.165) is 19.5 Å². The van der Waals surface area contributed by atoms with Crippen LogP contribution in [0.2, 0.25) is 0 Å². The van der Waals surface area contributed by atoms with Crippen LogP contribution in [0.15, 0.2) is 0 Å². The number of rotatable bonds is 6. The van der Waals surface area contributed by atoms with Gasteiger partial charge in [-0.1, -0.05) is 0 Å². The standard InChI is InChI=1S/C15H28N2O2/c1-14(2)8-5-10-17(14)11-9-15(3,13(18)19-4)16-12-6-7-12/h12,16H,5-11H2,1-4H3. The molecule has 1 N–H and O–H groups in total. The molecule has 1 heterocycles. The van der Waals surface area contributed by atoms with Gasteiger partial charge in [-0.3, -0.25) is 15.0 Å². The van der Waals surface area contributed by atoms with E-state index < -0.39 is 5.54 Å². The van der Waals surface area contributed by atoms with Crippen LogP contribution >= 0.6 is 0 Å². The molecule has 1 saturated carbocycles. The highest BCUT2D eigenvalue weighted by Crippen LogP contribution is 2.30. The Balaban J connectivity index is 1.94. The molecule has 0 amide bonds. The van der Waals surface area contributed by atoms with Gasteiger partial charge in [-0.05, 0) is 59.4 Å². The SMILES string of the molecule is COC(=O)C(C)(CCN1CCCC1(C)C)NC1CC1. The first-order chi connectivity index (χ1) is 8.87. The highest BCUT2D eigenvalue weighted by Gasteiger charge is 2.41. The molecule has 110 valence electrons. The summed E-state index contributed by atoms with van der Waals surface area (Å²) in [5, 5.41) is 3.47. The molecule has 0 spiro atoms. The summed E-state index contributed by atoms with van der Waals surface area (Å²) in [7, 11) is 1.48. The van der Waals surface area contributed by atoms with Crippen molar-refractivity contribution >= 4 is 5.97 Å². The molecule has 0 aromatic carbocycles. The summed E-state index contributed by atoms with van der Waals surface area (Å²) < 4.78 is 4.99. The van der Waals surface area contributed by atoms with E-state index in [4.69, 9.17) is 4.74 Å². The number of methoxy groups -OCH3 is 1. The maximum atomic E-state index is 12.1. The van der Waals surface area contributed by atoms with Crippen molar-refractivity contribution in [1.29, 1.82) is 0 Å². The van der Waals surface area contributed by atoms with E-state index in [1.807, 2.05) is 6.92 Å². The van der Waals surface area contributed by atoms with Gasteiger partial charge in [0.05, 0.1) is 7.11 Å². The maximum absolute atomic E-state index is 12.1. The van der Waals surface area contributed by atoms with Crippen LogP contribution in [-0.4, -0.2) is 48.2 Å². The van der Waals surface area contributed by atoms with Gasteiger partial charge in [-0.15, -0.1) is 0 Å². The van der Waals surface area contributed by atoms with Crippen LogP contribution in [0.5, 0.6) is 0 Å². The number of ether oxygens (including phenoxy) is 1. The predicted molar refractivity (Wildman–Crippen MR) is 76.1 cm³/mol. The van der Waals surface area contributed by atoms with Gasteiger partial charge in [0, 0.05) is 18.1 Å². The van der Waals surface area contributed by atoms with Crippen molar-refractivity contribution in [2.45, 2.75) is 70.0 Å². The Kier molecular flexibility index (Phi) is 4.21. The van der Waals surface area contributed by atoms with Crippen LogP contribution in [-0.2, 0) is 9.53 Å². The monoisotopic (exact) mass is 268 g/mol. The lowest BCUT2D eigenvalue weighted by atomic mass is 9.95. The molecule has 0 aromatic rings. The van der Waals surface area contributed by atoms with Crippen LogP contribution < -0.4 is 5.32 Å². The average molecular weight is 268 g/mol. The van der Waals surface area contributed by atoms with E-state index in [1.165, 1.54) is 32.8 Å². The largest absolute Gasteiger partial charge is 0.468 e. The smallest absolute Gasteiger partial charge is 0.325 e. The minimum atomic E-state index is -0.533. The summed E-state index contributed by atoms with van der Waals surface area (Å²) in [6.45, 7) is 8.68. The normalized spacial score (nSPS) is 26.1. The fourth-order valence-corrected chi connectivity index (χ4v) is 3.07. The molecule has 2 fully saturated rings. The Morgan fingerprint density at radius 1 is 1.47 bits per heavy atom. The third-order valence-electron chi connectivity index (χ3n) is 4.69. The summed E-state index contributed by atoms with van der Waals surface area (Å²) in [6.07, 6.45) is 5.69. The third-order valence-corrected chi connectivity index (χ3v) is 4.69. The van der Waals surface area contributed by atoms with Crippen molar-refractivity contribution in [2.24, 2.45) is 0 Å².